The normalized spacial score (nSPS) is 29.7. The molecule has 0 aromatic rings. The summed E-state index contributed by atoms with van der Waals surface area (Å²) in [6.45, 7) is 0.912. The average Bonchev–Trinajstić information content (AvgIpc) is 2.19. The van der Waals surface area contributed by atoms with Gasteiger partial charge in [0.2, 0.25) is 0 Å². The van der Waals surface area contributed by atoms with Crippen molar-refractivity contribution in [2.45, 2.75) is 37.0 Å². The smallest absolute Gasteiger partial charge is 0.0149 e. The molecule has 1 aliphatic rings. The van der Waals surface area contributed by atoms with E-state index in [1.807, 2.05) is 17.8 Å². The van der Waals surface area contributed by atoms with Crippen LogP contribution in [-0.2, 0) is 0 Å². The van der Waals surface area contributed by atoms with Gasteiger partial charge in [0.25, 0.3) is 0 Å². The Labute approximate surface area is 90.3 Å². The fourth-order valence-electron chi connectivity index (χ4n) is 1.82. The molecule has 0 spiro atoms. The second-order valence-corrected chi connectivity index (χ2v) is 4.88. The third-order valence-corrected chi connectivity index (χ3v) is 3.85. The van der Waals surface area contributed by atoms with Crippen molar-refractivity contribution in [3.63, 3.8) is 0 Å². The van der Waals surface area contributed by atoms with Gasteiger partial charge in [-0.1, -0.05) is 24.1 Å². The number of thioether (sulfide) groups is 1. The summed E-state index contributed by atoms with van der Waals surface area (Å²) in [5.41, 5.74) is 1.59. The molecule has 0 heterocycles. The van der Waals surface area contributed by atoms with Crippen LogP contribution in [0.4, 0.5) is 0 Å². The number of nitrogens with one attached hydrogen (secondary N) is 1. The van der Waals surface area contributed by atoms with Crippen molar-refractivity contribution in [1.29, 1.82) is 0 Å². The van der Waals surface area contributed by atoms with Crippen molar-refractivity contribution in [1.82, 2.24) is 5.32 Å². The summed E-state index contributed by atoms with van der Waals surface area (Å²) in [5, 5.41) is 4.37. The molecule has 0 aromatic carbocycles. The minimum Gasteiger partial charge on any atom is -0.310 e. The van der Waals surface area contributed by atoms with Crippen molar-refractivity contribution < 1.29 is 0 Å². The van der Waals surface area contributed by atoms with Gasteiger partial charge in [0.1, 0.15) is 0 Å². The average molecular weight is 220 g/mol. The Morgan fingerprint density at radius 1 is 1.54 bits per heavy atom. The molecule has 0 amide bonds. The second kappa shape index (κ2) is 6.74. The van der Waals surface area contributed by atoms with Crippen molar-refractivity contribution in [3.8, 4) is 0 Å². The van der Waals surface area contributed by atoms with Crippen molar-refractivity contribution in [2.24, 2.45) is 0 Å². The van der Waals surface area contributed by atoms with E-state index in [0.717, 1.165) is 11.8 Å². The SMILES string of the molecule is CSC1CCCC(NC/C=C/Cl)C1. The molecular weight excluding hydrogens is 202 g/mol. The van der Waals surface area contributed by atoms with E-state index < -0.39 is 0 Å². The summed E-state index contributed by atoms with van der Waals surface area (Å²) in [6.07, 6.45) is 9.58. The zero-order valence-corrected chi connectivity index (χ0v) is 9.70. The molecule has 0 aliphatic heterocycles. The van der Waals surface area contributed by atoms with E-state index in [1.54, 1.807) is 5.54 Å². The van der Waals surface area contributed by atoms with Crippen LogP contribution in [0.2, 0.25) is 0 Å². The van der Waals surface area contributed by atoms with Crippen molar-refractivity contribution in [3.05, 3.63) is 11.6 Å². The highest BCUT2D eigenvalue weighted by atomic mass is 35.5. The fraction of sp³-hybridized carbons (Fsp3) is 0.800. The number of hydrogen-bond acceptors (Lipinski definition) is 2. The van der Waals surface area contributed by atoms with Crippen LogP contribution in [0.5, 0.6) is 0 Å². The van der Waals surface area contributed by atoms with Gasteiger partial charge in [-0.2, -0.15) is 11.8 Å². The van der Waals surface area contributed by atoms with Gasteiger partial charge in [-0.05, 0) is 25.5 Å². The Morgan fingerprint density at radius 2 is 2.38 bits per heavy atom. The summed E-state index contributed by atoms with van der Waals surface area (Å²) in [7, 11) is 0. The molecule has 0 radical (unpaired) electrons. The van der Waals surface area contributed by atoms with Gasteiger partial charge in [-0.25, -0.2) is 0 Å². The molecule has 2 unspecified atom stereocenters. The van der Waals surface area contributed by atoms with Gasteiger partial charge in [0.05, 0.1) is 0 Å². The first-order valence-electron chi connectivity index (χ1n) is 4.88. The van der Waals surface area contributed by atoms with Crippen molar-refractivity contribution >= 4 is 23.4 Å². The summed E-state index contributed by atoms with van der Waals surface area (Å²) in [4.78, 5) is 0. The van der Waals surface area contributed by atoms with Gasteiger partial charge in [-0.15, -0.1) is 0 Å². The maximum absolute atomic E-state index is 5.45. The molecule has 2 atom stereocenters. The van der Waals surface area contributed by atoms with Crippen LogP contribution >= 0.6 is 23.4 Å². The summed E-state index contributed by atoms with van der Waals surface area (Å²) in [6, 6.07) is 0.707. The van der Waals surface area contributed by atoms with E-state index in [2.05, 4.69) is 11.6 Å². The van der Waals surface area contributed by atoms with Crippen LogP contribution in [0, 0.1) is 0 Å². The van der Waals surface area contributed by atoms with Crippen LogP contribution in [0.3, 0.4) is 0 Å². The summed E-state index contributed by atoms with van der Waals surface area (Å²) < 4.78 is 0. The molecule has 1 fully saturated rings. The van der Waals surface area contributed by atoms with Gasteiger partial charge >= 0.3 is 0 Å². The van der Waals surface area contributed by atoms with Gasteiger partial charge in [0.15, 0.2) is 0 Å². The Morgan fingerprint density at radius 3 is 3.08 bits per heavy atom. The third-order valence-electron chi connectivity index (χ3n) is 2.57. The minimum atomic E-state index is 0.707. The number of hydrogen-bond donors (Lipinski definition) is 1. The van der Waals surface area contributed by atoms with Crippen molar-refractivity contribution in [2.75, 3.05) is 12.8 Å². The van der Waals surface area contributed by atoms with Gasteiger partial charge < -0.3 is 5.32 Å². The first-order chi connectivity index (χ1) is 6.36. The van der Waals surface area contributed by atoms with E-state index in [-0.39, 0.29) is 0 Å². The second-order valence-electron chi connectivity index (χ2n) is 3.49. The molecule has 1 rings (SSSR count). The molecule has 76 valence electrons. The first-order valence-corrected chi connectivity index (χ1v) is 6.60. The molecule has 1 aliphatic carbocycles. The lowest BCUT2D eigenvalue weighted by atomic mass is 9.95. The molecule has 3 heteroatoms. The lowest BCUT2D eigenvalue weighted by Gasteiger charge is -2.28. The van der Waals surface area contributed by atoms with Crippen LogP contribution in [0.1, 0.15) is 25.7 Å². The van der Waals surface area contributed by atoms with E-state index in [0.29, 0.717) is 6.04 Å². The summed E-state index contributed by atoms with van der Waals surface area (Å²) in [5.74, 6) is 0. The molecule has 13 heavy (non-hydrogen) atoms. The van der Waals surface area contributed by atoms with Crippen LogP contribution in [0.15, 0.2) is 11.6 Å². The molecule has 0 saturated heterocycles. The van der Waals surface area contributed by atoms with E-state index in [4.69, 9.17) is 11.6 Å². The molecular formula is C10H18ClNS. The molecule has 0 bridgehead atoms. The molecule has 0 aromatic heterocycles. The topological polar surface area (TPSA) is 12.0 Å². The Kier molecular flexibility index (Phi) is 5.92. The third kappa shape index (κ3) is 4.39. The first kappa shape index (κ1) is 11.4. The molecule has 1 saturated carbocycles. The lowest BCUT2D eigenvalue weighted by Crippen LogP contribution is -2.35. The molecule has 1 nitrogen and oxygen atoms in total. The zero-order chi connectivity index (χ0) is 9.52. The zero-order valence-electron chi connectivity index (χ0n) is 8.13. The maximum Gasteiger partial charge on any atom is 0.0149 e. The van der Waals surface area contributed by atoms with Crippen LogP contribution < -0.4 is 5.32 Å². The predicted octanol–water partition coefficient (Wildman–Crippen LogP) is 3.00. The monoisotopic (exact) mass is 219 g/mol. The highest BCUT2D eigenvalue weighted by Crippen LogP contribution is 2.26. The maximum atomic E-state index is 5.45. The largest absolute Gasteiger partial charge is 0.310 e. The quantitative estimate of drug-likeness (QED) is 0.780. The highest BCUT2D eigenvalue weighted by molar-refractivity contribution is 7.99. The Hall–Kier alpha value is 0.340. The minimum absolute atomic E-state index is 0.707. The predicted molar refractivity (Wildman–Crippen MR) is 62.6 cm³/mol. The van der Waals surface area contributed by atoms with E-state index in [9.17, 15) is 0 Å². The van der Waals surface area contributed by atoms with E-state index in [1.165, 1.54) is 25.7 Å². The highest BCUT2D eigenvalue weighted by Gasteiger charge is 2.19. The van der Waals surface area contributed by atoms with Crippen LogP contribution in [0.25, 0.3) is 0 Å². The number of halogens is 1. The lowest BCUT2D eigenvalue weighted by molar-refractivity contribution is 0.393. The summed E-state index contributed by atoms with van der Waals surface area (Å²) >= 11 is 7.46. The molecule has 1 N–H and O–H groups in total. The fourth-order valence-corrected chi connectivity index (χ4v) is 2.74. The Balaban J connectivity index is 2.18. The van der Waals surface area contributed by atoms with Gasteiger partial charge in [-0.3, -0.25) is 0 Å². The standard InChI is InChI=1S/C10H18ClNS/c1-13-10-5-2-4-9(8-10)12-7-3-6-11/h3,6,9-10,12H,2,4-5,7-8H2,1H3/b6-3+. The van der Waals surface area contributed by atoms with E-state index >= 15 is 0 Å². The van der Waals surface area contributed by atoms with Gasteiger partial charge in [0, 0.05) is 23.4 Å². The van der Waals surface area contributed by atoms with Crippen LogP contribution in [-0.4, -0.2) is 24.1 Å². The number of rotatable bonds is 4. The Bertz CT molecular complexity index is 161.